The van der Waals surface area contributed by atoms with Gasteiger partial charge in [0.25, 0.3) is 5.91 Å². The number of esters is 1. The molecule has 0 aliphatic heterocycles. The molecule has 3 N–H and O–H groups in total. The van der Waals surface area contributed by atoms with Crippen LogP contribution in [0.15, 0.2) is 133 Å². The first-order valence-corrected chi connectivity index (χ1v) is 18.1. The van der Waals surface area contributed by atoms with Crippen LogP contribution in [0.2, 0.25) is 0 Å². The van der Waals surface area contributed by atoms with E-state index in [-0.39, 0.29) is 36.0 Å². The first kappa shape index (κ1) is 35.9. The number of nitrogens with one attached hydrogen (secondary N) is 3. The third kappa shape index (κ3) is 7.72. The van der Waals surface area contributed by atoms with E-state index in [1.54, 1.807) is 31.3 Å². The molecular formula is C42H39N3O6S. The zero-order valence-electron chi connectivity index (χ0n) is 28.8. The summed E-state index contributed by atoms with van der Waals surface area (Å²) in [4.78, 5) is 52.1. The molecule has 9 nitrogen and oxygen atoms in total. The van der Waals surface area contributed by atoms with E-state index in [0.717, 1.165) is 22.3 Å². The van der Waals surface area contributed by atoms with Crippen LogP contribution in [0.3, 0.4) is 0 Å². The van der Waals surface area contributed by atoms with Crippen molar-refractivity contribution in [2.75, 3.05) is 25.3 Å². The Labute approximate surface area is 307 Å². The number of rotatable bonds is 13. The Morgan fingerprint density at radius 3 is 1.77 bits per heavy atom. The van der Waals surface area contributed by atoms with Gasteiger partial charge in [0, 0.05) is 47.9 Å². The summed E-state index contributed by atoms with van der Waals surface area (Å²) in [5.74, 6) is -1.06. The molecular weight excluding hydrogens is 675 g/mol. The number of fused-ring (bicyclic) bond motifs is 3. The van der Waals surface area contributed by atoms with E-state index >= 15 is 0 Å². The molecule has 0 aromatic heterocycles. The van der Waals surface area contributed by atoms with Gasteiger partial charge < -0.3 is 25.4 Å². The van der Waals surface area contributed by atoms with Crippen molar-refractivity contribution in [2.24, 2.45) is 0 Å². The summed E-state index contributed by atoms with van der Waals surface area (Å²) in [6.45, 7) is 1.47. The SMILES string of the molecule is CNC(=O)c1ccc(C(OC(=O)[C@@H](CSCNC(C)=O)NC(=O)OCC2c3ccccc3-c3ccccc32)(c2ccccc2)c2ccccc2)cc1. The van der Waals surface area contributed by atoms with Gasteiger partial charge in [-0.25, -0.2) is 9.59 Å². The predicted octanol–water partition coefficient (Wildman–Crippen LogP) is 6.62. The van der Waals surface area contributed by atoms with Gasteiger partial charge in [0.2, 0.25) is 5.91 Å². The van der Waals surface area contributed by atoms with Crippen LogP contribution in [0.5, 0.6) is 0 Å². The van der Waals surface area contributed by atoms with E-state index in [0.29, 0.717) is 22.3 Å². The second-order valence-corrected chi connectivity index (χ2v) is 13.3. The van der Waals surface area contributed by atoms with Gasteiger partial charge in [-0.2, -0.15) is 0 Å². The Balaban J connectivity index is 1.30. The zero-order valence-corrected chi connectivity index (χ0v) is 29.7. The third-order valence-corrected chi connectivity index (χ3v) is 9.94. The van der Waals surface area contributed by atoms with Crippen LogP contribution in [0.1, 0.15) is 51.0 Å². The number of carbonyl (C=O) groups is 4. The lowest BCUT2D eigenvalue weighted by molar-refractivity contribution is -0.155. The van der Waals surface area contributed by atoms with E-state index in [9.17, 15) is 19.2 Å². The Morgan fingerprint density at radius 1 is 0.712 bits per heavy atom. The average molecular weight is 714 g/mol. The molecule has 6 rings (SSSR count). The summed E-state index contributed by atoms with van der Waals surface area (Å²) in [6, 6.07) is 40.5. The van der Waals surface area contributed by atoms with Crippen molar-refractivity contribution < 1.29 is 28.7 Å². The van der Waals surface area contributed by atoms with Crippen LogP contribution in [-0.2, 0) is 24.7 Å². The van der Waals surface area contributed by atoms with E-state index in [1.807, 2.05) is 97.1 Å². The number of thioether (sulfide) groups is 1. The minimum atomic E-state index is -1.47. The van der Waals surface area contributed by atoms with Gasteiger partial charge in [0.05, 0.1) is 5.88 Å². The monoisotopic (exact) mass is 713 g/mol. The lowest BCUT2D eigenvalue weighted by Crippen LogP contribution is -2.48. The molecule has 264 valence electrons. The van der Waals surface area contributed by atoms with Gasteiger partial charge in [-0.05, 0) is 34.4 Å². The Bertz CT molecular complexity index is 1950. The van der Waals surface area contributed by atoms with Crippen molar-refractivity contribution in [1.82, 2.24) is 16.0 Å². The molecule has 3 amide bonds. The second kappa shape index (κ2) is 16.4. The Morgan fingerprint density at radius 2 is 1.23 bits per heavy atom. The maximum Gasteiger partial charge on any atom is 0.407 e. The molecule has 52 heavy (non-hydrogen) atoms. The van der Waals surface area contributed by atoms with Gasteiger partial charge in [0.15, 0.2) is 5.60 Å². The maximum absolute atomic E-state index is 14.5. The number of amides is 3. The Kier molecular flexibility index (Phi) is 11.4. The van der Waals surface area contributed by atoms with E-state index in [1.165, 1.54) is 18.7 Å². The highest BCUT2D eigenvalue weighted by Crippen LogP contribution is 2.45. The third-order valence-electron chi connectivity index (χ3n) is 9.02. The molecule has 0 bridgehead atoms. The highest BCUT2D eigenvalue weighted by atomic mass is 32.2. The molecule has 1 atom stereocenters. The lowest BCUT2D eigenvalue weighted by Gasteiger charge is -2.36. The van der Waals surface area contributed by atoms with Gasteiger partial charge in [0.1, 0.15) is 12.6 Å². The molecule has 1 aliphatic rings. The second-order valence-electron chi connectivity index (χ2n) is 12.3. The summed E-state index contributed by atoms with van der Waals surface area (Å²) >= 11 is 1.26. The molecule has 0 radical (unpaired) electrons. The average Bonchev–Trinajstić information content (AvgIpc) is 3.51. The van der Waals surface area contributed by atoms with Crippen LogP contribution in [0, 0.1) is 0 Å². The zero-order chi connectivity index (χ0) is 36.5. The van der Waals surface area contributed by atoms with E-state index in [2.05, 4.69) is 28.1 Å². The van der Waals surface area contributed by atoms with Crippen molar-refractivity contribution in [1.29, 1.82) is 0 Å². The molecule has 5 aromatic rings. The summed E-state index contributed by atoms with van der Waals surface area (Å²) in [5, 5.41) is 8.11. The van der Waals surface area contributed by atoms with Gasteiger partial charge in [-0.1, -0.05) is 121 Å². The fourth-order valence-corrected chi connectivity index (χ4v) is 7.40. The largest absolute Gasteiger partial charge is 0.449 e. The summed E-state index contributed by atoms with van der Waals surface area (Å²) < 4.78 is 12.4. The van der Waals surface area contributed by atoms with Crippen molar-refractivity contribution in [3.63, 3.8) is 0 Å². The maximum atomic E-state index is 14.5. The van der Waals surface area contributed by atoms with Crippen LogP contribution in [0.4, 0.5) is 4.79 Å². The van der Waals surface area contributed by atoms with Gasteiger partial charge in [-0.3, -0.25) is 9.59 Å². The smallest absolute Gasteiger partial charge is 0.407 e. The number of hydrogen-bond donors (Lipinski definition) is 3. The number of hydrogen-bond acceptors (Lipinski definition) is 7. The van der Waals surface area contributed by atoms with Crippen molar-refractivity contribution in [3.8, 4) is 11.1 Å². The van der Waals surface area contributed by atoms with Crippen molar-refractivity contribution in [2.45, 2.75) is 24.5 Å². The first-order chi connectivity index (χ1) is 25.3. The van der Waals surface area contributed by atoms with Crippen molar-refractivity contribution in [3.05, 3.63) is 167 Å². The topological polar surface area (TPSA) is 123 Å². The van der Waals surface area contributed by atoms with Crippen LogP contribution in [-0.4, -0.2) is 55.2 Å². The minimum absolute atomic E-state index is 0.0658. The molecule has 0 saturated heterocycles. The highest BCUT2D eigenvalue weighted by Gasteiger charge is 2.42. The first-order valence-electron chi connectivity index (χ1n) is 16.9. The predicted molar refractivity (Wildman–Crippen MR) is 202 cm³/mol. The quantitative estimate of drug-likeness (QED) is 0.0543. The molecule has 10 heteroatoms. The van der Waals surface area contributed by atoms with E-state index in [4.69, 9.17) is 9.47 Å². The molecule has 0 saturated carbocycles. The minimum Gasteiger partial charge on any atom is -0.449 e. The molecule has 5 aromatic carbocycles. The summed E-state index contributed by atoms with van der Waals surface area (Å²) in [6.07, 6.45) is -0.774. The molecule has 1 aliphatic carbocycles. The molecule has 0 spiro atoms. The summed E-state index contributed by atoms with van der Waals surface area (Å²) in [7, 11) is 1.56. The highest BCUT2D eigenvalue weighted by molar-refractivity contribution is 7.99. The molecule has 0 heterocycles. The van der Waals surface area contributed by atoms with Crippen LogP contribution < -0.4 is 16.0 Å². The number of alkyl carbamates (subject to hydrolysis) is 1. The number of ether oxygens (including phenoxy) is 2. The summed E-state index contributed by atoms with van der Waals surface area (Å²) in [5.41, 5.74) is 5.22. The van der Waals surface area contributed by atoms with Gasteiger partial charge >= 0.3 is 12.1 Å². The number of benzene rings is 5. The standard InChI is InChI=1S/C42H39N3O6S/c1-28(46)44-27-52-26-38(45-41(49)50-25-37-35-19-11-9-17-33(35)34-18-10-12-20-36(34)37)40(48)51-42(30-13-5-3-6-14-30,31-15-7-4-8-16-31)32-23-21-29(22-24-32)39(47)43-2/h3-24,37-38H,25-27H2,1-2H3,(H,43,47)(H,44,46)(H,45,49)/t38-/m1/s1. The van der Waals surface area contributed by atoms with Crippen molar-refractivity contribution >= 4 is 35.6 Å². The van der Waals surface area contributed by atoms with Crippen LogP contribution in [0.25, 0.3) is 11.1 Å². The Hall–Kier alpha value is -5.87. The fourth-order valence-electron chi connectivity index (χ4n) is 6.53. The molecule has 0 fully saturated rings. The molecule has 0 unspecified atom stereocenters. The fraction of sp³-hybridized carbons (Fsp3) is 0.190. The van der Waals surface area contributed by atoms with Crippen LogP contribution >= 0.6 is 11.8 Å². The number of carbonyl (C=O) groups excluding carboxylic acids is 4. The normalized spacial score (nSPS) is 12.5. The van der Waals surface area contributed by atoms with Gasteiger partial charge in [-0.15, -0.1) is 11.8 Å². The lowest BCUT2D eigenvalue weighted by atomic mass is 9.79. The van der Waals surface area contributed by atoms with E-state index < -0.39 is 23.7 Å².